The van der Waals surface area contributed by atoms with Gasteiger partial charge in [0.15, 0.2) is 0 Å². The molecule has 10 heteroatoms. The van der Waals surface area contributed by atoms with Crippen molar-refractivity contribution in [3.63, 3.8) is 0 Å². The molecule has 0 aromatic rings. The maximum absolute atomic E-state index is 13.5. The molecule has 3 unspecified atom stereocenters. The van der Waals surface area contributed by atoms with Gasteiger partial charge in [-0.05, 0) is 96.0 Å². The highest BCUT2D eigenvalue weighted by atomic mass is 31.2. The second-order valence-electron chi connectivity index (χ2n) is 22.6. The lowest BCUT2D eigenvalue weighted by Crippen LogP contribution is -2.47. The number of carbonyl (C=O) groups is 2. The fourth-order valence-electron chi connectivity index (χ4n) is 8.99. The van der Waals surface area contributed by atoms with E-state index in [9.17, 15) is 19.0 Å². The van der Waals surface area contributed by atoms with E-state index in [1.165, 1.54) is 161 Å². The lowest BCUT2D eigenvalue weighted by molar-refractivity contribution is -0.870. The molecular weight excluding hydrogens is 952 g/mol. The van der Waals surface area contributed by atoms with Crippen LogP contribution in [0, 0.1) is 0 Å². The molecule has 0 radical (unpaired) electrons. The first-order chi connectivity index (χ1) is 36.4. The Morgan fingerprint density at radius 2 is 0.813 bits per heavy atom. The molecule has 0 fully saturated rings. The predicted molar refractivity (Wildman–Crippen MR) is 321 cm³/mol. The topological polar surface area (TPSA) is 114 Å². The van der Waals surface area contributed by atoms with Crippen LogP contribution in [0.3, 0.4) is 0 Å². The second-order valence-corrected chi connectivity index (χ2v) is 24.0. The predicted octanol–water partition coefficient (Wildman–Crippen LogP) is 18.8. The van der Waals surface area contributed by atoms with E-state index in [1.807, 2.05) is 33.3 Å². The number of phosphoric ester groups is 1. The smallest absolute Gasteiger partial charge is 0.306 e. The Hall–Kier alpha value is -2.29. The van der Waals surface area contributed by atoms with Crippen LogP contribution in [0.5, 0.6) is 0 Å². The first-order valence-corrected chi connectivity index (χ1v) is 33.1. The Balaban J connectivity index is 5.15. The maximum atomic E-state index is 13.5. The molecule has 0 saturated carbocycles. The van der Waals surface area contributed by atoms with E-state index in [-0.39, 0.29) is 24.9 Å². The normalized spacial score (nSPS) is 14.1. The molecule has 0 aliphatic rings. The van der Waals surface area contributed by atoms with Gasteiger partial charge in [0.05, 0.1) is 33.8 Å². The number of amides is 1. The fraction of sp³-hybridized carbons (Fsp3) is 0.815. The van der Waals surface area contributed by atoms with Gasteiger partial charge in [-0.3, -0.25) is 14.2 Å². The number of nitrogens with zero attached hydrogens (tertiary/aromatic N) is 1. The average molecular weight is 1070 g/mol. The Bertz CT molecular complexity index is 1470. The molecule has 0 heterocycles. The van der Waals surface area contributed by atoms with Crippen molar-refractivity contribution >= 4 is 19.7 Å². The minimum atomic E-state index is -4.70. The van der Waals surface area contributed by atoms with Crippen LogP contribution < -0.4 is 10.2 Å². The summed E-state index contributed by atoms with van der Waals surface area (Å²) >= 11 is 0. The molecule has 75 heavy (non-hydrogen) atoms. The molecule has 438 valence electrons. The minimum Gasteiger partial charge on any atom is -0.756 e. The summed E-state index contributed by atoms with van der Waals surface area (Å²) in [6.07, 6.45) is 69.0. The zero-order valence-electron chi connectivity index (χ0n) is 50.0. The van der Waals surface area contributed by atoms with Gasteiger partial charge in [0.1, 0.15) is 19.3 Å². The Morgan fingerprint density at radius 3 is 1.27 bits per heavy atom. The van der Waals surface area contributed by atoms with Crippen molar-refractivity contribution < 1.29 is 37.3 Å². The Morgan fingerprint density at radius 1 is 0.467 bits per heavy atom. The van der Waals surface area contributed by atoms with Gasteiger partial charge in [-0.15, -0.1) is 0 Å². The monoisotopic (exact) mass is 1070 g/mol. The first kappa shape index (κ1) is 72.7. The number of quaternary nitrogens is 1. The summed E-state index contributed by atoms with van der Waals surface area (Å²) < 4.78 is 30.3. The number of allylic oxidation sites excluding steroid dienone is 9. The molecule has 0 aromatic heterocycles. The molecule has 0 rings (SSSR count). The van der Waals surface area contributed by atoms with Crippen molar-refractivity contribution in [1.82, 2.24) is 5.32 Å². The summed E-state index contributed by atoms with van der Waals surface area (Å²) in [7, 11) is 1.18. The Labute approximate surface area is 464 Å². The van der Waals surface area contributed by atoms with Crippen LogP contribution in [-0.4, -0.2) is 69.4 Å². The number of nitrogens with one attached hydrogen (secondary N) is 1. The quantitative estimate of drug-likeness (QED) is 0.0212. The molecule has 1 amide bonds. The SMILES string of the molecule is CCCCC/C=C\C/C=C\C/C=C\CCCCCCCCCCCCC(=O)NC(COP(=O)([O-])OCC[N+](C)(C)C)C(/C=C\CCCCCCCCCCC)OC(=O)CCCCCCCCC/C=C\CCCCCC. The number of hydrogen-bond acceptors (Lipinski definition) is 7. The highest BCUT2D eigenvalue weighted by molar-refractivity contribution is 7.45. The molecule has 3 atom stereocenters. The largest absolute Gasteiger partial charge is 0.756 e. The lowest BCUT2D eigenvalue weighted by Gasteiger charge is -2.30. The number of rotatable bonds is 57. The maximum Gasteiger partial charge on any atom is 0.306 e. The van der Waals surface area contributed by atoms with Crippen LogP contribution in [0.2, 0.25) is 0 Å². The molecule has 0 aliphatic carbocycles. The highest BCUT2D eigenvalue weighted by Crippen LogP contribution is 2.38. The van der Waals surface area contributed by atoms with E-state index < -0.39 is 26.6 Å². The van der Waals surface area contributed by atoms with Crippen molar-refractivity contribution in [1.29, 1.82) is 0 Å². The fourth-order valence-corrected chi connectivity index (χ4v) is 9.72. The zero-order valence-corrected chi connectivity index (χ0v) is 50.9. The minimum absolute atomic E-state index is 0.0245. The third kappa shape index (κ3) is 56.2. The van der Waals surface area contributed by atoms with Gasteiger partial charge in [-0.2, -0.15) is 0 Å². The van der Waals surface area contributed by atoms with Crippen molar-refractivity contribution in [2.45, 2.75) is 303 Å². The van der Waals surface area contributed by atoms with Crippen LogP contribution in [0.4, 0.5) is 0 Å². The number of ether oxygens (including phenoxy) is 1. The second kappa shape index (κ2) is 55.0. The molecule has 9 nitrogen and oxygen atoms in total. The van der Waals surface area contributed by atoms with Crippen LogP contribution in [0.1, 0.15) is 290 Å². The van der Waals surface area contributed by atoms with Gasteiger partial charge >= 0.3 is 5.97 Å². The molecule has 0 saturated heterocycles. The number of unbranched alkanes of at least 4 members (excludes halogenated alkanes) is 33. The first-order valence-electron chi connectivity index (χ1n) is 31.6. The summed E-state index contributed by atoms with van der Waals surface area (Å²) in [4.78, 5) is 40.0. The summed E-state index contributed by atoms with van der Waals surface area (Å²) in [5, 5.41) is 3.03. The molecule has 0 aromatic carbocycles. The van der Waals surface area contributed by atoms with Crippen molar-refractivity contribution in [2.24, 2.45) is 0 Å². The van der Waals surface area contributed by atoms with Gasteiger partial charge in [-0.1, -0.05) is 242 Å². The number of likely N-dealkylation sites (N-methyl/N-ethyl adjacent to an activating group) is 1. The van der Waals surface area contributed by atoms with Gasteiger partial charge in [0.2, 0.25) is 5.91 Å². The van der Waals surface area contributed by atoms with Crippen LogP contribution in [0.15, 0.2) is 60.8 Å². The molecule has 1 N–H and O–H groups in total. The third-order valence-electron chi connectivity index (χ3n) is 13.9. The van der Waals surface area contributed by atoms with E-state index in [1.54, 1.807) is 0 Å². The van der Waals surface area contributed by atoms with Gasteiger partial charge in [0.25, 0.3) is 7.82 Å². The molecule has 0 spiro atoms. The number of carbonyl (C=O) groups excluding carboxylic acids is 2. The van der Waals surface area contributed by atoms with Gasteiger partial charge < -0.3 is 28.5 Å². The van der Waals surface area contributed by atoms with E-state index >= 15 is 0 Å². The number of esters is 1. The summed E-state index contributed by atoms with van der Waals surface area (Å²) in [6, 6.07) is -0.892. The summed E-state index contributed by atoms with van der Waals surface area (Å²) in [6.45, 7) is 6.81. The number of hydrogen-bond donors (Lipinski definition) is 1. The van der Waals surface area contributed by atoms with Gasteiger partial charge in [0, 0.05) is 12.8 Å². The lowest BCUT2D eigenvalue weighted by atomic mass is 10.0. The van der Waals surface area contributed by atoms with E-state index in [4.69, 9.17) is 13.8 Å². The number of phosphoric acid groups is 1. The van der Waals surface area contributed by atoms with Crippen LogP contribution in [-0.2, 0) is 27.9 Å². The average Bonchev–Trinajstić information content (AvgIpc) is 3.37. The highest BCUT2D eigenvalue weighted by Gasteiger charge is 2.27. The van der Waals surface area contributed by atoms with Gasteiger partial charge in [-0.25, -0.2) is 0 Å². The van der Waals surface area contributed by atoms with Crippen molar-refractivity contribution in [3.05, 3.63) is 60.8 Å². The molecular formula is C65H121N2O7P. The van der Waals surface area contributed by atoms with Crippen LogP contribution in [0.25, 0.3) is 0 Å². The van der Waals surface area contributed by atoms with E-state index in [2.05, 4.69) is 74.7 Å². The standard InChI is InChI=1S/C65H121N2O7P/c1-7-10-13-16-19-22-25-27-29-30-31-32-33-34-35-36-38-39-42-45-48-51-54-57-64(68)66-62(61-73-75(70,71)72-60-59-67(4,5)6)63(56-53-50-47-44-41-24-21-18-15-12-9-3)74-65(69)58-55-52-49-46-43-40-37-28-26-23-20-17-14-11-8-2/h19,22-23,26-27,29,31-32,53,56,62-63H,7-18,20-21,24-25,28,30,33-52,54-55,57-61H2,1-6H3,(H-,66,68,70,71)/b22-19-,26-23-,29-27-,32-31-,56-53-. The van der Waals surface area contributed by atoms with Crippen molar-refractivity contribution in [3.8, 4) is 0 Å². The molecule has 0 bridgehead atoms. The van der Waals surface area contributed by atoms with Crippen LogP contribution >= 0.6 is 7.82 Å². The van der Waals surface area contributed by atoms with Crippen molar-refractivity contribution in [2.75, 3.05) is 40.9 Å². The summed E-state index contributed by atoms with van der Waals surface area (Å²) in [5.41, 5.74) is 0. The van der Waals surface area contributed by atoms with E-state index in [0.717, 1.165) is 96.3 Å². The van der Waals surface area contributed by atoms with E-state index in [0.29, 0.717) is 17.4 Å². The Kier molecular flexibility index (Phi) is 53.4. The molecule has 0 aliphatic heterocycles. The third-order valence-corrected chi connectivity index (χ3v) is 14.9. The zero-order chi connectivity index (χ0) is 55.0. The summed E-state index contributed by atoms with van der Waals surface area (Å²) in [5.74, 6) is -0.546.